The van der Waals surface area contributed by atoms with Crippen LogP contribution in [0.3, 0.4) is 0 Å². The smallest absolute Gasteiger partial charge is 0.138 e. The van der Waals surface area contributed by atoms with Gasteiger partial charge in [0.15, 0.2) is 0 Å². The largest absolute Gasteiger partial charge is 0.398 e. The molecule has 0 bridgehead atoms. The molecule has 88 valence electrons. The Balaban J connectivity index is 2.11. The molecule has 1 saturated carbocycles. The fourth-order valence-corrected chi connectivity index (χ4v) is 3.66. The van der Waals surface area contributed by atoms with E-state index in [0.717, 1.165) is 4.90 Å². The monoisotopic (exact) mass is 303 g/mol. The minimum atomic E-state index is -0.229. The second-order valence-corrected chi connectivity index (χ2v) is 6.38. The quantitative estimate of drug-likeness (QED) is 0.808. The summed E-state index contributed by atoms with van der Waals surface area (Å²) in [7, 11) is 0. The van der Waals surface area contributed by atoms with Gasteiger partial charge >= 0.3 is 0 Å². The number of rotatable bonds is 2. The van der Waals surface area contributed by atoms with Crippen molar-refractivity contribution in [1.29, 1.82) is 0 Å². The van der Waals surface area contributed by atoms with E-state index in [9.17, 15) is 4.39 Å². The van der Waals surface area contributed by atoms with E-state index in [0.29, 0.717) is 15.4 Å². The third-order valence-corrected chi connectivity index (χ3v) is 4.92. The molecule has 1 aliphatic rings. The van der Waals surface area contributed by atoms with E-state index in [2.05, 4.69) is 15.9 Å². The molecule has 1 aromatic carbocycles. The Morgan fingerprint density at radius 1 is 1.25 bits per heavy atom. The summed E-state index contributed by atoms with van der Waals surface area (Å²) in [5.41, 5.74) is 6.56. The predicted octanol–water partition coefficient (Wildman–Crippen LogP) is 4.60. The van der Waals surface area contributed by atoms with Gasteiger partial charge < -0.3 is 5.73 Å². The summed E-state index contributed by atoms with van der Waals surface area (Å²) < 4.78 is 13.8. The minimum Gasteiger partial charge on any atom is -0.398 e. The highest BCUT2D eigenvalue weighted by molar-refractivity contribution is 9.10. The van der Waals surface area contributed by atoms with Gasteiger partial charge in [0.25, 0.3) is 0 Å². The first kappa shape index (κ1) is 12.2. The second kappa shape index (κ2) is 5.41. The van der Waals surface area contributed by atoms with Crippen molar-refractivity contribution < 1.29 is 4.39 Å². The molecule has 1 nitrogen and oxygen atoms in total. The van der Waals surface area contributed by atoms with Crippen molar-refractivity contribution in [1.82, 2.24) is 0 Å². The van der Waals surface area contributed by atoms with Crippen LogP contribution in [0.2, 0.25) is 0 Å². The maximum absolute atomic E-state index is 13.4. The van der Waals surface area contributed by atoms with Gasteiger partial charge in [-0.05, 0) is 40.9 Å². The van der Waals surface area contributed by atoms with E-state index >= 15 is 0 Å². The van der Waals surface area contributed by atoms with Gasteiger partial charge in [0.2, 0.25) is 0 Å². The Kier molecular flexibility index (Phi) is 4.14. The normalized spacial score (nSPS) is 17.6. The van der Waals surface area contributed by atoms with Crippen molar-refractivity contribution in [2.75, 3.05) is 5.73 Å². The first-order valence-corrected chi connectivity index (χ1v) is 7.25. The molecule has 0 saturated heterocycles. The summed E-state index contributed by atoms with van der Waals surface area (Å²) in [5, 5.41) is 0.608. The molecule has 1 fully saturated rings. The molecule has 0 atom stereocenters. The van der Waals surface area contributed by atoms with Gasteiger partial charge in [0, 0.05) is 15.8 Å². The van der Waals surface area contributed by atoms with Crippen LogP contribution in [0.4, 0.5) is 10.1 Å². The van der Waals surface area contributed by atoms with Gasteiger partial charge in [-0.25, -0.2) is 4.39 Å². The van der Waals surface area contributed by atoms with Crippen molar-refractivity contribution in [2.45, 2.75) is 42.2 Å². The first-order chi connectivity index (χ1) is 7.66. The van der Waals surface area contributed by atoms with Crippen molar-refractivity contribution in [3.05, 3.63) is 22.4 Å². The van der Waals surface area contributed by atoms with E-state index < -0.39 is 0 Å². The van der Waals surface area contributed by atoms with Crippen LogP contribution in [0.15, 0.2) is 21.5 Å². The number of halogens is 2. The van der Waals surface area contributed by atoms with Crippen LogP contribution in [-0.4, -0.2) is 5.25 Å². The molecular weight excluding hydrogens is 289 g/mol. The van der Waals surface area contributed by atoms with Crippen LogP contribution in [0.1, 0.15) is 32.1 Å². The Bertz CT molecular complexity index is 378. The summed E-state index contributed by atoms with van der Waals surface area (Å²) in [4.78, 5) is 0.882. The average Bonchev–Trinajstić information content (AvgIpc) is 2.27. The summed E-state index contributed by atoms with van der Waals surface area (Å²) in [6.45, 7) is 0. The average molecular weight is 304 g/mol. The fourth-order valence-electron chi connectivity index (χ4n) is 2.01. The first-order valence-electron chi connectivity index (χ1n) is 5.58. The number of nitrogens with two attached hydrogens (primary N) is 1. The van der Waals surface area contributed by atoms with Gasteiger partial charge in [-0.1, -0.05) is 19.3 Å². The molecule has 0 heterocycles. The zero-order valence-electron chi connectivity index (χ0n) is 9.01. The third-order valence-electron chi connectivity index (χ3n) is 2.90. The highest BCUT2D eigenvalue weighted by atomic mass is 79.9. The molecule has 1 aliphatic carbocycles. The van der Waals surface area contributed by atoms with Crippen LogP contribution in [0.5, 0.6) is 0 Å². The molecule has 4 heteroatoms. The number of benzene rings is 1. The van der Waals surface area contributed by atoms with Gasteiger partial charge in [-0.3, -0.25) is 0 Å². The summed E-state index contributed by atoms with van der Waals surface area (Å²) in [6.07, 6.45) is 6.36. The van der Waals surface area contributed by atoms with E-state index in [4.69, 9.17) is 5.73 Å². The topological polar surface area (TPSA) is 26.0 Å². The number of anilines is 1. The van der Waals surface area contributed by atoms with Gasteiger partial charge in [0.1, 0.15) is 5.82 Å². The van der Waals surface area contributed by atoms with Crippen molar-refractivity contribution in [3.8, 4) is 0 Å². The summed E-state index contributed by atoms with van der Waals surface area (Å²) >= 11 is 4.87. The lowest BCUT2D eigenvalue weighted by Crippen LogP contribution is -2.08. The molecule has 0 radical (unpaired) electrons. The molecule has 0 aliphatic heterocycles. The lowest BCUT2D eigenvalue weighted by atomic mass is 10.0. The number of nitrogen functional groups attached to an aromatic ring is 1. The van der Waals surface area contributed by atoms with E-state index in [1.54, 1.807) is 23.9 Å². The summed E-state index contributed by atoms with van der Waals surface area (Å²) in [6, 6.07) is 3.19. The van der Waals surface area contributed by atoms with Crippen molar-refractivity contribution in [2.24, 2.45) is 0 Å². The van der Waals surface area contributed by atoms with Crippen LogP contribution in [0, 0.1) is 5.82 Å². The standard InChI is InChI=1S/C12H15BrFNS/c13-9-6-11(15)12(7-10(9)14)16-8-4-2-1-3-5-8/h6-8H,1-5,15H2. The zero-order chi connectivity index (χ0) is 11.5. The van der Waals surface area contributed by atoms with E-state index in [1.165, 1.54) is 32.1 Å². The number of hydrogen-bond donors (Lipinski definition) is 1. The summed E-state index contributed by atoms with van der Waals surface area (Å²) in [5.74, 6) is -0.229. The molecule has 16 heavy (non-hydrogen) atoms. The molecular formula is C12H15BrFNS. The van der Waals surface area contributed by atoms with Gasteiger partial charge in [0.05, 0.1) is 4.47 Å². The lowest BCUT2D eigenvalue weighted by Gasteiger charge is -2.21. The molecule has 0 spiro atoms. The lowest BCUT2D eigenvalue weighted by molar-refractivity contribution is 0.516. The highest BCUT2D eigenvalue weighted by Gasteiger charge is 2.16. The molecule has 1 aromatic rings. The third kappa shape index (κ3) is 2.92. The van der Waals surface area contributed by atoms with Crippen LogP contribution in [-0.2, 0) is 0 Å². The molecule has 0 unspecified atom stereocenters. The molecule has 0 aromatic heterocycles. The predicted molar refractivity (Wildman–Crippen MR) is 71.2 cm³/mol. The number of thioether (sulfide) groups is 1. The minimum absolute atomic E-state index is 0.229. The van der Waals surface area contributed by atoms with Crippen molar-refractivity contribution >= 4 is 33.4 Å². The Hall–Kier alpha value is -0.220. The maximum atomic E-state index is 13.4. The zero-order valence-corrected chi connectivity index (χ0v) is 11.4. The molecule has 2 rings (SSSR count). The van der Waals surface area contributed by atoms with Crippen molar-refractivity contribution in [3.63, 3.8) is 0 Å². The molecule has 0 amide bonds. The fraction of sp³-hybridized carbons (Fsp3) is 0.500. The second-order valence-electron chi connectivity index (χ2n) is 4.18. The van der Waals surface area contributed by atoms with E-state index in [1.807, 2.05) is 0 Å². The van der Waals surface area contributed by atoms with Gasteiger partial charge in [-0.15, -0.1) is 11.8 Å². The highest BCUT2D eigenvalue weighted by Crippen LogP contribution is 2.37. The number of hydrogen-bond acceptors (Lipinski definition) is 2. The van der Waals surface area contributed by atoms with E-state index in [-0.39, 0.29) is 5.82 Å². The Morgan fingerprint density at radius 2 is 1.94 bits per heavy atom. The molecule has 2 N–H and O–H groups in total. The maximum Gasteiger partial charge on any atom is 0.138 e. The van der Waals surface area contributed by atoms with Crippen LogP contribution < -0.4 is 5.73 Å². The van der Waals surface area contributed by atoms with Gasteiger partial charge in [-0.2, -0.15) is 0 Å². The van der Waals surface area contributed by atoms with Crippen LogP contribution in [0.25, 0.3) is 0 Å². The van der Waals surface area contributed by atoms with Crippen LogP contribution >= 0.6 is 27.7 Å². The SMILES string of the molecule is Nc1cc(Br)c(F)cc1SC1CCCCC1. The Labute approximate surface area is 108 Å². The Morgan fingerprint density at radius 3 is 2.62 bits per heavy atom.